The van der Waals surface area contributed by atoms with Crippen molar-refractivity contribution in [2.75, 3.05) is 6.54 Å². The van der Waals surface area contributed by atoms with Crippen LogP contribution < -0.4 is 5.48 Å². The molecule has 0 saturated carbocycles. The summed E-state index contributed by atoms with van der Waals surface area (Å²) >= 11 is 0. The SMILES string of the molecule is CCCCCCCCCCCCCCNOC(=O)CCCCCCC. The van der Waals surface area contributed by atoms with Crippen molar-refractivity contribution in [1.82, 2.24) is 5.48 Å². The molecule has 3 nitrogen and oxygen atoms in total. The third kappa shape index (κ3) is 21.4. The van der Waals surface area contributed by atoms with Crippen LogP contribution in [0.5, 0.6) is 0 Å². The molecule has 0 aromatic carbocycles. The zero-order chi connectivity index (χ0) is 18.4. The molecule has 0 saturated heterocycles. The minimum atomic E-state index is -0.101. The molecule has 0 unspecified atom stereocenters. The molecule has 0 spiro atoms. The van der Waals surface area contributed by atoms with E-state index in [0.29, 0.717) is 6.42 Å². The van der Waals surface area contributed by atoms with Crippen molar-refractivity contribution in [2.45, 2.75) is 129 Å². The Balaban J connectivity index is 3.09. The van der Waals surface area contributed by atoms with Gasteiger partial charge < -0.3 is 4.84 Å². The highest BCUT2D eigenvalue weighted by Gasteiger charge is 2.02. The van der Waals surface area contributed by atoms with Gasteiger partial charge in [-0.25, -0.2) is 0 Å². The van der Waals surface area contributed by atoms with Crippen LogP contribution in [0.2, 0.25) is 0 Å². The van der Waals surface area contributed by atoms with Crippen LogP contribution in [0.4, 0.5) is 0 Å². The number of hydrogen-bond donors (Lipinski definition) is 1. The van der Waals surface area contributed by atoms with Crippen molar-refractivity contribution in [3.63, 3.8) is 0 Å². The normalized spacial score (nSPS) is 11.0. The zero-order valence-corrected chi connectivity index (χ0v) is 17.3. The van der Waals surface area contributed by atoms with E-state index in [1.807, 2.05) is 0 Å². The van der Waals surface area contributed by atoms with Crippen LogP contribution in [-0.2, 0) is 9.63 Å². The summed E-state index contributed by atoms with van der Waals surface area (Å²) in [6.45, 7) is 5.27. The first-order valence-electron chi connectivity index (χ1n) is 11.2. The molecular weight excluding hydrogens is 310 g/mol. The molecule has 0 aromatic heterocycles. The number of nitrogens with one attached hydrogen (secondary N) is 1. The number of unbranched alkanes of at least 4 members (excludes halogenated alkanes) is 15. The maximum absolute atomic E-state index is 11.5. The van der Waals surface area contributed by atoms with Gasteiger partial charge >= 0.3 is 5.97 Å². The molecular formula is C22H45NO2. The Hall–Kier alpha value is -0.570. The third-order valence-corrected chi connectivity index (χ3v) is 4.80. The van der Waals surface area contributed by atoms with Crippen molar-refractivity contribution in [1.29, 1.82) is 0 Å². The minimum absolute atomic E-state index is 0.101. The first-order valence-corrected chi connectivity index (χ1v) is 11.2. The number of rotatable bonds is 20. The van der Waals surface area contributed by atoms with E-state index in [2.05, 4.69) is 19.3 Å². The standard InChI is InChI=1S/C22H45NO2/c1-3-5-7-9-10-11-12-13-14-15-17-19-21-23-25-22(24)20-18-16-8-6-4-2/h23H,3-21H2,1-2H3. The Morgan fingerprint density at radius 3 is 1.48 bits per heavy atom. The largest absolute Gasteiger partial charge is 0.371 e. The van der Waals surface area contributed by atoms with E-state index in [9.17, 15) is 4.79 Å². The van der Waals surface area contributed by atoms with E-state index in [0.717, 1.165) is 25.8 Å². The van der Waals surface area contributed by atoms with Crippen molar-refractivity contribution in [2.24, 2.45) is 0 Å². The molecule has 0 aliphatic carbocycles. The van der Waals surface area contributed by atoms with Gasteiger partial charge in [-0.1, -0.05) is 110 Å². The Morgan fingerprint density at radius 2 is 1.00 bits per heavy atom. The molecule has 0 heterocycles. The number of carbonyl (C=O) groups excluding carboxylic acids is 1. The molecule has 1 N–H and O–H groups in total. The lowest BCUT2D eigenvalue weighted by molar-refractivity contribution is -0.151. The average Bonchev–Trinajstić information content (AvgIpc) is 2.62. The zero-order valence-electron chi connectivity index (χ0n) is 17.3. The van der Waals surface area contributed by atoms with Crippen molar-refractivity contribution in [3.8, 4) is 0 Å². The Morgan fingerprint density at radius 1 is 0.600 bits per heavy atom. The first-order chi connectivity index (χ1) is 12.3. The maximum atomic E-state index is 11.5. The molecule has 0 rings (SSSR count). The molecule has 25 heavy (non-hydrogen) atoms. The first kappa shape index (κ1) is 24.4. The Kier molecular flexibility index (Phi) is 21.0. The quantitative estimate of drug-likeness (QED) is 0.187. The minimum Gasteiger partial charge on any atom is -0.371 e. The smallest absolute Gasteiger partial charge is 0.324 e. The van der Waals surface area contributed by atoms with Crippen LogP contribution in [0.25, 0.3) is 0 Å². The summed E-state index contributed by atoms with van der Waals surface area (Å²) < 4.78 is 0. The van der Waals surface area contributed by atoms with Crippen LogP contribution in [-0.4, -0.2) is 12.5 Å². The van der Waals surface area contributed by atoms with Crippen LogP contribution in [0.15, 0.2) is 0 Å². The van der Waals surface area contributed by atoms with Gasteiger partial charge in [-0.2, -0.15) is 5.48 Å². The Labute approximate surface area is 157 Å². The molecule has 0 amide bonds. The topological polar surface area (TPSA) is 38.3 Å². The molecule has 0 bridgehead atoms. The van der Waals surface area contributed by atoms with E-state index in [4.69, 9.17) is 4.84 Å². The van der Waals surface area contributed by atoms with Gasteiger partial charge in [0.25, 0.3) is 0 Å². The molecule has 0 aliphatic rings. The van der Waals surface area contributed by atoms with Crippen molar-refractivity contribution in [3.05, 3.63) is 0 Å². The maximum Gasteiger partial charge on any atom is 0.324 e. The lowest BCUT2D eigenvalue weighted by Crippen LogP contribution is -2.20. The molecule has 0 radical (unpaired) electrons. The van der Waals surface area contributed by atoms with Crippen LogP contribution in [0, 0.1) is 0 Å². The summed E-state index contributed by atoms with van der Waals surface area (Å²) in [6, 6.07) is 0. The van der Waals surface area contributed by atoms with E-state index in [1.165, 1.54) is 89.9 Å². The summed E-state index contributed by atoms with van der Waals surface area (Å²) in [5.41, 5.74) is 2.82. The summed E-state index contributed by atoms with van der Waals surface area (Å²) in [5, 5.41) is 0. The summed E-state index contributed by atoms with van der Waals surface area (Å²) in [7, 11) is 0. The predicted molar refractivity (Wildman–Crippen MR) is 109 cm³/mol. The van der Waals surface area contributed by atoms with Crippen molar-refractivity contribution < 1.29 is 9.63 Å². The molecule has 0 fully saturated rings. The molecule has 0 aromatic rings. The molecule has 150 valence electrons. The second-order valence-corrected chi connectivity index (χ2v) is 7.42. The highest BCUT2D eigenvalue weighted by molar-refractivity contribution is 5.68. The number of carbonyl (C=O) groups is 1. The second kappa shape index (κ2) is 21.5. The van der Waals surface area contributed by atoms with E-state index >= 15 is 0 Å². The highest BCUT2D eigenvalue weighted by Crippen LogP contribution is 2.11. The van der Waals surface area contributed by atoms with Crippen LogP contribution in [0.1, 0.15) is 129 Å². The summed E-state index contributed by atoms with van der Waals surface area (Å²) in [5.74, 6) is -0.101. The van der Waals surface area contributed by atoms with Gasteiger partial charge in [-0.3, -0.25) is 4.79 Å². The van der Waals surface area contributed by atoms with Gasteiger partial charge in [0.15, 0.2) is 0 Å². The molecule has 3 heteroatoms. The summed E-state index contributed by atoms with van der Waals surface area (Å²) in [6.07, 6.45) is 22.6. The predicted octanol–water partition coefficient (Wildman–Crippen LogP) is 7.10. The van der Waals surface area contributed by atoms with E-state index in [1.54, 1.807) is 0 Å². The molecule has 0 aliphatic heterocycles. The third-order valence-electron chi connectivity index (χ3n) is 4.80. The average molecular weight is 356 g/mol. The highest BCUT2D eigenvalue weighted by atomic mass is 16.7. The van der Waals surface area contributed by atoms with Gasteiger partial charge in [-0.05, 0) is 12.8 Å². The lowest BCUT2D eigenvalue weighted by Gasteiger charge is -2.06. The summed E-state index contributed by atoms with van der Waals surface area (Å²) in [4.78, 5) is 16.6. The van der Waals surface area contributed by atoms with E-state index in [-0.39, 0.29) is 5.97 Å². The van der Waals surface area contributed by atoms with Crippen LogP contribution in [0.3, 0.4) is 0 Å². The van der Waals surface area contributed by atoms with E-state index < -0.39 is 0 Å². The number of hydrogen-bond acceptors (Lipinski definition) is 3. The fourth-order valence-corrected chi connectivity index (χ4v) is 3.09. The van der Waals surface area contributed by atoms with Crippen LogP contribution >= 0.6 is 0 Å². The van der Waals surface area contributed by atoms with Gasteiger partial charge in [0.05, 0.1) is 0 Å². The fourth-order valence-electron chi connectivity index (χ4n) is 3.09. The monoisotopic (exact) mass is 355 g/mol. The molecule has 0 atom stereocenters. The van der Waals surface area contributed by atoms with Gasteiger partial charge in [0.1, 0.15) is 0 Å². The van der Waals surface area contributed by atoms with Gasteiger partial charge in [-0.15, -0.1) is 0 Å². The second-order valence-electron chi connectivity index (χ2n) is 7.42. The van der Waals surface area contributed by atoms with Gasteiger partial charge in [0, 0.05) is 13.0 Å². The Bertz CT molecular complexity index is 269. The number of hydroxylamine groups is 1. The lowest BCUT2D eigenvalue weighted by atomic mass is 10.1. The van der Waals surface area contributed by atoms with Crippen molar-refractivity contribution >= 4 is 5.97 Å². The fraction of sp³-hybridized carbons (Fsp3) is 0.955. The van der Waals surface area contributed by atoms with Gasteiger partial charge in [0.2, 0.25) is 0 Å².